The number of hydrogen-bond donors (Lipinski definition) is 2. The lowest BCUT2D eigenvalue weighted by molar-refractivity contribution is 0.452. The number of nitrogen functional groups attached to an aromatic ring is 2. The van der Waals surface area contributed by atoms with Crippen LogP contribution in [-0.4, -0.2) is 0 Å². The van der Waals surface area contributed by atoms with E-state index in [0.29, 0.717) is 34.4 Å². The van der Waals surface area contributed by atoms with Gasteiger partial charge in [-0.25, -0.2) is 0 Å². The van der Waals surface area contributed by atoms with Crippen LogP contribution < -0.4 is 11.5 Å². The summed E-state index contributed by atoms with van der Waals surface area (Å²) in [5.41, 5.74) is 18.8. The van der Waals surface area contributed by atoms with E-state index >= 15 is 0 Å². The van der Waals surface area contributed by atoms with Crippen molar-refractivity contribution in [2.45, 2.75) is 91.9 Å². The molecular weight excluding hydrogens is 809 g/mol. The van der Waals surface area contributed by atoms with Crippen LogP contribution in [0.1, 0.15) is 110 Å². The normalized spacial score (nSPS) is 13.2. The van der Waals surface area contributed by atoms with Crippen molar-refractivity contribution in [3.63, 3.8) is 0 Å². The van der Waals surface area contributed by atoms with Gasteiger partial charge >= 0.3 is 0 Å². The predicted molar refractivity (Wildman–Crippen MR) is 267 cm³/mol. The highest BCUT2D eigenvalue weighted by Crippen LogP contribution is 2.52. The number of unbranched alkanes of at least 4 members (excludes halogenated alkanes) is 2. The highest BCUT2D eigenvalue weighted by Gasteiger charge is 2.24. The molecule has 4 N–H and O–H groups in total. The zero-order chi connectivity index (χ0) is 42.2. The van der Waals surface area contributed by atoms with Gasteiger partial charge in [-0.1, -0.05) is 103 Å². The van der Waals surface area contributed by atoms with Crippen molar-refractivity contribution in [3.8, 4) is 33.0 Å². The van der Waals surface area contributed by atoms with E-state index in [1.807, 2.05) is 83.4 Å². The zero-order valence-electron chi connectivity index (χ0n) is 35.1. The first-order valence-electron chi connectivity index (χ1n) is 21.4. The summed E-state index contributed by atoms with van der Waals surface area (Å²) in [4.78, 5) is 7.44. The van der Waals surface area contributed by atoms with E-state index in [-0.39, 0.29) is 0 Å². The van der Waals surface area contributed by atoms with Gasteiger partial charge in [0.25, 0.3) is 0 Å². The Bertz CT molecular complexity index is 2460. The van der Waals surface area contributed by atoms with Crippen molar-refractivity contribution >= 4 is 100 Å². The first kappa shape index (κ1) is 43.1. The molecule has 4 nitrogen and oxygen atoms in total. The number of allylic oxidation sites excluding steroid dienone is 2. The summed E-state index contributed by atoms with van der Waals surface area (Å²) in [6.45, 7) is 9.21. The third-order valence-electron chi connectivity index (χ3n) is 11.6. The molecule has 0 saturated heterocycles. The van der Waals surface area contributed by atoms with Gasteiger partial charge in [-0.05, 0) is 109 Å². The molecule has 0 radical (unpaired) electrons. The van der Waals surface area contributed by atoms with E-state index in [4.69, 9.17) is 11.5 Å². The second-order valence-corrected chi connectivity index (χ2v) is 20.4. The third kappa shape index (κ3) is 9.80. The van der Waals surface area contributed by atoms with Crippen molar-refractivity contribution in [1.29, 1.82) is 10.5 Å². The molecule has 0 saturated carbocycles. The second-order valence-electron chi connectivity index (χ2n) is 15.9. The molecule has 3 aromatic carbocycles. The summed E-state index contributed by atoms with van der Waals surface area (Å²) < 4.78 is 2.45. The Morgan fingerprint density at radius 3 is 1.32 bits per heavy atom. The number of rotatable bonds is 18. The number of thiophene rings is 4. The van der Waals surface area contributed by atoms with Gasteiger partial charge in [0, 0.05) is 71.9 Å². The number of nitriles is 2. The summed E-state index contributed by atoms with van der Waals surface area (Å²) in [5, 5.41) is 23.2. The monoisotopic (exact) mass is 862 g/mol. The van der Waals surface area contributed by atoms with Crippen molar-refractivity contribution < 1.29 is 0 Å². The molecule has 7 aromatic rings. The molecule has 4 aromatic heterocycles. The fourth-order valence-electron chi connectivity index (χ4n) is 8.11. The number of benzene rings is 3. The highest BCUT2D eigenvalue weighted by atomic mass is 32.1. The van der Waals surface area contributed by atoms with Gasteiger partial charge < -0.3 is 11.5 Å². The van der Waals surface area contributed by atoms with Gasteiger partial charge in [-0.3, -0.25) is 0 Å². The first-order valence-corrected chi connectivity index (χ1v) is 24.7. The van der Waals surface area contributed by atoms with Crippen LogP contribution >= 0.6 is 45.3 Å². The lowest BCUT2D eigenvalue weighted by Gasteiger charge is -2.13. The van der Waals surface area contributed by atoms with Gasteiger partial charge in [0.1, 0.15) is 0 Å². The number of anilines is 2. The molecule has 0 fully saturated rings. The summed E-state index contributed by atoms with van der Waals surface area (Å²) in [6, 6.07) is 34.0. The Hall–Kier alpha value is -4.96. The molecule has 0 aliphatic heterocycles. The first-order chi connectivity index (χ1) is 29.2. The number of nitrogens with zero attached hydrogens (tertiary/aromatic N) is 2. The lowest BCUT2D eigenvalue weighted by atomic mass is 9.95. The van der Waals surface area contributed by atoms with Crippen LogP contribution in [0.2, 0.25) is 0 Å². The highest BCUT2D eigenvalue weighted by molar-refractivity contribution is 7.24. The maximum absolute atomic E-state index is 10.4. The van der Waals surface area contributed by atoms with Crippen LogP contribution in [0.4, 0.5) is 11.4 Å². The van der Waals surface area contributed by atoms with Gasteiger partial charge in [0.2, 0.25) is 0 Å². The average molecular weight is 863 g/mol. The molecule has 2 atom stereocenters. The van der Waals surface area contributed by atoms with E-state index in [1.54, 1.807) is 22.7 Å². The maximum atomic E-state index is 10.4. The third-order valence-corrected chi connectivity index (χ3v) is 16.1. The predicted octanol–water partition coefficient (Wildman–Crippen LogP) is 16.4. The minimum absolute atomic E-state index is 0.609. The standard InChI is InChI=1S/C52H54N4S4/c1-5-9-11-33(7-3)25-41-21-23-47(57-41)49-45-29-43(27-37(31-53)35-13-17-39(55)18-14-35)60-52(45)50(48-24-22-42(58-48)26-34(8-4)12-10-6-2)46-30-44(59-51(46)49)28-38(32-54)36-15-19-40(56)20-16-36/h13-24,27-30,33-34H,5-12,25-26,55-56H2,1-4H3/b37-27-,38-28-. The molecule has 7 rings (SSSR count). The van der Waals surface area contributed by atoms with Crippen LogP contribution in [0.5, 0.6) is 0 Å². The number of hydrogen-bond acceptors (Lipinski definition) is 8. The van der Waals surface area contributed by atoms with Crippen LogP contribution in [0, 0.1) is 34.5 Å². The Morgan fingerprint density at radius 2 is 0.967 bits per heavy atom. The molecule has 60 heavy (non-hydrogen) atoms. The topological polar surface area (TPSA) is 99.6 Å². The number of fused-ring (bicyclic) bond motifs is 2. The van der Waals surface area contributed by atoms with E-state index < -0.39 is 0 Å². The van der Waals surface area contributed by atoms with Crippen LogP contribution in [0.3, 0.4) is 0 Å². The maximum Gasteiger partial charge on any atom is 0.0998 e. The molecule has 4 heterocycles. The summed E-state index contributed by atoms with van der Waals surface area (Å²) >= 11 is 7.37. The van der Waals surface area contributed by atoms with Crippen LogP contribution in [-0.2, 0) is 12.8 Å². The van der Waals surface area contributed by atoms with Gasteiger partial charge in [0.05, 0.1) is 23.3 Å². The van der Waals surface area contributed by atoms with E-state index in [0.717, 1.165) is 33.7 Å². The number of nitrogens with two attached hydrogens (primary N) is 2. The molecular formula is C52H54N4S4. The van der Waals surface area contributed by atoms with Crippen molar-refractivity contribution in [1.82, 2.24) is 0 Å². The van der Waals surface area contributed by atoms with Crippen molar-refractivity contribution in [3.05, 3.63) is 116 Å². The van der Waals surface area contributed by atoms with E-state index in [9.17, 15) is 10.5 Å². The Morgan fingerprint density at radius 1 is 0.567 bits per heavy atom. The molecule has 2 unspecified atom stereocenters. The van der Waals surface area contributed by atoms with E-state index in [1.165, 1.54) is 102 Å². The molecule has 0 bridgehead atoms. The molecule has 306 valence electrons. The molecule has 8 heteroatoms. The Kier molecular flexibility index (Phi) is 14.4. The van der Waals surface area contributed by atoms with E-state index in [2.05, 4.69) is 76.2 Å². The zero-order valence-corrected chi connectivity index (χ0v) is 38.4. The van der Waals surface area contributed by atoms with Gasteiger partial charge in [0.15, 0.2) is 0 Å². The Labute approximate surface area is 372 Å². The summed E-state index contributed by atoms with van der Waals surface area (Å²) in [7, 11) is 0. The molecule has 0 amide bonds. The minimum atomic E-state index is 0.609. The SMILES string of the molecule is CCCCC(CC)Cc1ccc(-c2c3cc(/C=C(/C#N)c4ccc(N)cc4)sc3c(-c3ccc(CC(CC)CCCC)s3)c3cc(/C=C(/C#N)c4ccc(N)cc4)sc23)s1. The molecule has 0 aliphatic rings. The van der Waals surface area contributed by atoms with Gasteiger partial charge in [-0.15, -0.1) is 45.3 Å². The molecule has 0 spiro atoms. The fraction of sp³-hybridized carbons (Fsp3) is 0.308. The minimum Gasteiger partial charge on any atom is -0.399 e. The summed E-state index contributed by atoms with van der Waals surface area (Å²) in [5.74, 6) is 1.35. The van der Waals surface area contributed by atoms with Crippen LogP contribution in [0.15, 0.2) is 84.9 Å². The average Bonchev–Trinajstić information content (AvgIpc) is 4.09. The quantitative estimate of drug-likeness (QED) is 0.0663. The van der Waals surface area contributed by atoms with Gasteiger partial charge in [-0.2, -0.15) is 10.5 Å². The van der Waals surface area contributed by atoms with Crippen molar-refractivity contribution in [2.24, 2.45) is 11.8 Å². The molecule has 0 aliphatic carbocycles. The lowest BCUT2D eigenvalue weighted by Crippen LogP contribution is -2.01. The smallest absolute Gasteiger partial charge is 0.0998 e. The Balaban J connectivity index is 1.47. The van der Waals surface area contributed by atoms with Crippen LogP contribution in [0.25, 0.3) is 64.4 Å². The second kappa shape index (κ2) is 20.1. The fourth-order valence-corrected chi connectivity index (χ4v) is 13.0. The summed E-state index contributed by atoms with van der Waals surface area (Å²) in [6.07, 6.45) is 16.1. The van der Waals surface area contributed by atoms with Crippen molar-refractivity contribution in [2.75, 3.05) is 11.5 Å². The largest absolute Gasteiger partial charge is 0.399 e.